The van der Waals surface area contributed by atoms with Gasteiger partial charge in [-0.15, -0.1) is 0 Å². The van der Waals surface area contributed by atoms with E-state index < -0.39 is 0 Å². The Hall–Kier alpha value is -0.300. The molecule has 0 saturated heterocycles. The standard InChI is InChI=1S/C9H18O/c1-3-4-5-6-7-9(2)8-10/h5-6,9-10H,3-4,7-8H2,1-2H3. The highest BCUT2D eigenvalue weighted by Crippen LogP contribution is 2.01. The van der Waals surface area contributed by atoms with Crippen LogP contribution in [0.5, 0.6) is 0 Å². The van der Waals surface area contributed by atoms with Gasteiger partial charge in [-0.2, -0.15) is 0 Å². The first kappa shape index (κ1) is 9.70. The van der Waals surface area contributed by atoms with E-state index in [0.717, 1.165) is 12.8 Å². The molecule has 0 aromatic heterocycles. The van der Waals surface area contributed by atoms with E-state index in [2.05, 4.69) is 26.0 Å². The molecule has 0 spiro atoms. The lowest BCUT2D eigenvalue weighted by atomic mass is 10.1. The van der Waals surface area contributed by atoms with Gasteiger partial charge in [0.2, 0.25) is 0 Å². The van der Waals surface area contributed by atoms with E-state index in [1.807, 2.05) is 0 Å². The molecule has 0 amide bonds. The maximum absolute atomic E-state index is 8.66. The third-order valence-electron chi connectivity index (χ3n) is 1.47. The molecule has 0 radical (unpaired) electrons. The molecule has 60 valence electrons. The highest BCUT2D eigenvalue weighted by molar-refractivity contribution is 4.82. The van der Waals surface area contributed by atoms with Crippen LogP contribution in [0.4, 0.5) is 0 Å². The second kappa shape index (κ2) is 6.81. The molecule has 0 aromatic rings. The Morgan fingerprint density at radius 3 is 2.60 bits per heavy atom. The summed E-state index contributed by atoms with van der Waals surface area (Å²) in [7, 11) is 0. The van der Waals surface area contributed by atoms with E-state index >= 15 is 0 Å². The van der Waals surface area contributed by atoms with Gasteiger partial charge in [0, 0.05) is 6.61 Å². The number of hydrogen-bond donors (Lipinski definition) is 1. The second-order valence-electron chi connectivity index (χ2n) is 2.78. The van der Waals surface area contributed by atoms with Crippen LogP contribution in [-0.2, 0) is 0 Å². The molecule has 1 nitrogen and oxygen atoms in total. The Morgan fingerprint density at radius 2 is 2.10 bits per heavy atom. The Morgan fingerprint density at radius 1 is 1.40 bits per heavy atom. The third kappa shape index (κ3) is 5.83. The van der Waals surface area contributed by atoms with Gasteiger partial charge in [-0.1, -0.05) is 32.4 Å². The van der Waals surface area contributed by atoms with Crippen molar-refractivity contribution in [2.45, 2.75) is 33.1 Å². The smallest absolute Gasteiger partial charge is 0.0459 e. The monoisotopic (exact) mass is 142 g/mol. The van der Waals surface area contributed by atoms with Gasteiger partial charge >= 0.3 is 0 Å². The number of allylic oxidation sites excluding steroid dienone is 2. The van der Waals surface area contributed by atoms with Gasteiger partial charge in [0.25, 0.3) is 0 Å². The topological polar surface area (TPSA) is 20.2 Å². The third-order valence-corrected chi connectivity index (χ3v) is 1.47. The normalized spacial score (nSPS) is 14.3. The second-order valence-corrected chi connectivity index (χ2v) is 2.78. The average molecular weight is 142 g/mol. The highest BCUT2D eigenvalue weighted by atomic mass is 16.3. The fourth-order valence-corrected chi connectivity index (χ4v) is 0.688. The highest BCUT2D eigenvalue weighted by Gasteiger charge is 1.93. The lowest BCUT2D eigenvalue weighted by molar-refractivity contribution is 0.239. The van der Waals surface area contributed by atoms with E-state index in [4.69, 9.17) is 5.11 Å². The van der Waals surface area contributed by atoms with Gasteiger partial charge in [0.05, 0.1) is 0 Å². The Bertz CT molecular complexity index is 86.7. The van der Waals surface area contributed by atoms with Gasteiger partial charge in [-0.3, -0.25) is 0 Å². The van der Waals surface area contributed by atoms with Crippen LogP contribution in [-0.4, -0.2) is 11.7 Å². The fraction of sp³-hybridized carbons (Fsp3) is 0.778. The van der Waals surface area contributed by atoms with E-state index in [1.165, 1.54) is 6.42 Å². The number of aliphatic hydroxyl groups excluding tert-OH is 1. The summed E-state index contributed by atoms with van der Waals surface area (Å²) in [6.45, 7) is 4.52. The first-order valence-electron chi connectivity index (χ1n) is 4.07. The number of aliphatic hydroxyl groups is 1. The summed E-state index contributed by atoms with van der Waals surface area (Å²) in [5, 5.41) is 8.66. The van der Waals surface area contributed by atoms with Crippen LogP contribution in [0, 0.1) is 5.92 Å². The van der Waals surface area contributed by atoms with Crippen LogP contribution >= 0.6 is 0 Å². The first-order valence-corrected chi connectivity index (χ1v) is 4.07. The lowest BCUT2D eigenvalue weighted by Gasteiger charge is -2.00. The molecule has 0 aliphatic heterocycles. The Balaban J connectivity index is 3.16. The minimum atomic E-state index is 0.302. The zero-order valence-corrected chi connectivity index (χ0v) is 7.01. The molecule has 0 heterocycles. The van der Waals surface area contributed by atoms with E-state index in [0.29, 0.717) is 12.5 Å². The SMILES string of the molecule is CCCC=CCC(C)CO. The van der Waals surface area contributed by atoms with Crippen molar-refractivity contribution in [3.63, 3.8) is 0 Å². The molecule has 0 aliphatic rings. The van der Waals surface area contributed by atoms with Crippen molar-refractivity contribution < 1.29 is 5.11 Å². The van der Waals surface area contributed by atoms with Crippen LogP contribution in [0.25, 0.3) is 0 Å². The number of unbranched alkanes of at least 4 members (excludes halogenated alkanes) is 1. The van der Waals surface area contributed by atoms with Crippen LogP contribution in [0.1, 0.15) is 33.1 Å². The van der Waals surface area contributed by atoms with Crippen LogP contribution in [0.2, 0.25) is 0 Å². The van der Waals surface area contributed by atoms with Crippen molar-refractivity contribution in [3.05, 3.63) is 12.2 Å². The van der Waals surface area contributed by atoms with Crippen molar-refractivity contribution in [2.24, 2.45) is 5.92 Å². The molecule has 0 bridgehead atoms. The van der Waals surface area contributed by atoms with Gasteiger partial charge in [-0.25, -0.2) is 0 Å². The summed E-state index contributed by atoms with van der Waals surface area (Å²) in [6, 6.07) is 0. The number of hydrogen-bond acceptors (Lipinski definition) is 1. The molecular weight excluding hydrogens is 124 g/mol. The Kier molecular flexibility index (Phi) is 6.61. The predicted octanol–water partition coefficient (Wildman–Crippen LogP) is 2.36. The van der Waals surface area contributed by atoms with Crippen molar-refractivity contribution >= 4 is 0 Å². The first-order chi connectivity index (χ1) is 4.81. The van der Waals surface area contributed by atoms with E-state index in [-0.39, 0.29) is 0 Å². The van der Waals surface area contributed by atoms with Crippen LogP contribution < -0.4 is 0 Å². The predicted molar refractivity (Wildman–Crippen MR) is 44.9 cm³/mol. The zero-order valence-electron chi connectivity index (χ0n) is 7.01. The minimum absolute atomic E-state index is 0.302. The maximum Gasteiger partial charge on any atom is 0.0459 e. The van der Waals surface area contributed by atoms with Gasteiger partial charge < -0.3 is 5.11 Å². The lowest BCUT2D eigenvalue weighted by Crippen LogP contribution is -1.97. The van der Waals surface area contributed by atoms with Gasteiger partial charge in [-0.05, 0) is 18.8 Å². The van der Waals surface area contributed by atoms with Crippen molar-refractivity contribution in [3.8, 4) is 0 Å². The van der Waals surface area contributed by atoms with Crippen molar-refractivity contribution in [2.75, 3.05) is 6.61 Å². The minimum Gasteiger partial charge on any atom is -0.396 e. The zero-order chi connectivity index (χ0) is 7.82. The van der Waals surface area contributed by atoms with Crippen molar-refractivity contribution in [1.29, 1.82) is 0 Å². The molecule has 1 N–H and O–H groups in total. The van der Waals surface area contributed by atoms with Crippen LogP contribution in [0.3, 0.4) is 0 Å². The molecule has 0 aromatic carbocycles. The molecule has 0 aliphatic carbocycles. The van der Waals surface area contributed by atoms with Gasteiger partial charge in [0.1, 0.15) is 0 Å². The molecule has 0 saturated carbocycles. The van der Waals surface area contributed by atoms with E-state index in [1.54, 1.807) is 0 Å². The van der Waals surface area contributed by atoms with Crippen molar-refractivity contribution in [1.82, 2.24) is 0 Å². The summed E-state index contributed by atoms with van der Waals surface area (Å²) in [5.41, 5.74) is 0. The summed E-state index contributed by atoms with van der Waals surface area (Å²) in [4.78, 5) is 0. The maximum atomic E-state index is 8.66. The summed E-state index contributed by atoms with van der Waals surface area (Å²) < 4.78 is 0. The quantitative estimate of drug-likeness (QED) is 0.584. The summed E-state index contributed by atoms with van der Waals surface area (Å²) in [5.74, 6) is 0.424. The molecular formula is C9H18O. The Labute approximate surface area is 63.8 Å². The molecule has 10 heavy (non-hydrogen) atoms. The van der Waals surface area contributed by atoms with Crippen LogP contribution in [0.15, 0.2) is 12.2 Å². The molecule has 1 atom stereocenters. The van der Waals surface area contributed by atoms with E-state index in [9.17, 15) is 0 Å². The fourth-order valence-electron chi connectivity index (χ4n) is 0.688. The summed E-state index contributed by atoms with van der Waals surface area (Å²) >= 11 is 0. The molecule has 1 unspecified atom stereocenters. The number of rotatable bonds is 5. The van der Waals surface area contributed by atoms with Gasteiger partial charge in [0.15, 0.2) is 0 Å². The molecule has 1 heteroatoms. The average Bonchev–Trinajstić information content (AvgIpc) is 1.98. The summed E-state index contributed by atoms with van der Waals surface area (Å²) in [6.07, 6.45) is 7.73. The molecule has 0 rings (SSSR count). The largest absolute Gasteiger partial charge is 0.396 e. The molecule has 0 fully saturated rings.